The predicted octanol–water partition coefficient (Wildman–Crippen LogP) is 2.39. The first-order valence-corrected chi connectivity index (χ1v) is 5.93. The van der Waals surface area contributed by atoms with Crippen LogP contribution in [0.25, 0.3) is 0 Å². The highest BCUT2D eigenvalue weighted by Crippen LogP contribution is 2.11. The van der Waals surface area contributed by atoms with Gasteiger partial charge in [-0.15, -0.1) is 0 Å². The standard InChI is InChI=1S/C15H14FNO2/c16-14-7-2-1-5-12(14)9-15(19)17-10-11-4-3-6-13(18)8-11/h1-8,18H,9-10H2,(H,17,19). The van der Waals surface area contributed by atoms with Crippen LogP contribution in [0.3, 0.4) is 0 Å². The molecule has 0 aliphatic carbocycles. The van der Waals surface area contributed by atoms with Gasteiger partial charge in [-0.1, -0.05) is 30.3 Å². The maximum atomic E-state index is 13.4. The Morgan fingerprint density at radius 2 is 1.95 bits per heavy atom. The maximum Gasteiger partial charge on any atom is 0.224 e. The minimum atomic E-state index is -0.380. The van der Waals surface area contributed by atoms with Crippen molar-refractivity contribution in [3.63, 3.8) is 0 Å². The topological polar surface area (TPSA) is 49.3 Å². The predicted molar refractivity (Wildman–Crippen MR) is 70.1 cm³/mol. The number of rotatable bonds is 4. The molecule has 0 radical (unpaired) electrons. The van der Waals surface area contributed by atoms with E-state index >= 15 is 0 Å². The Hall–Kier alpha value is -2.36. The van der Waals surface area contributed by atoms with Gasteiger partial charge in [0.2, 0.25) is 5.91 Å². The number of benzene rings is 2. The number of phenols is 1. The largest absolute Gasteiger partial charge is 0.508 e. The van der Waals surface area contributed by atoms with Crippen molar-refractivity contribution in [2.45, 2.75) is 13.0 Å². The monoisotopic (exact) mass is 259 g/mol. The summed E-state index contributed by atoms with van der Waals surface area (Å²) < 4.78 is 13.4. The summed E-state index contributed by atoms with van der Waals surface area (Å²) >= 11 is 0. The van der Waals surface area contributed by atoms with Crippen LogP contribution in [0.5, 0.6) is 5.75 Å². The van der Waals surface area contributed by atoms with Crippen LogP contribution < -0.4 is 5.32 Å². The zero-order chi connectivity index (χ0) is 13.7. The lowest BCUT2D eigenvalue weighted by Crippen LogP contribution is -2.24. The number of amides is 1. The highest BCUT2D eigenvalue weighted by Gasteiger charge is 2.07. The molecule has 0 aromatic heterocycles. The van der Waals surface area contributed by atoms with E-state index in [4.69, 9.17) is 0 Å². The fraction of sp³-hybridized carbons (Fsp3) is 0.133. The lowest BCUT2D eigenvalue weighted by Gasteiger charge is -2.06. The van der Waals surface area contributed by atoms with Gasteiger partial charge in [-0.05, 0) is 29.3 Å². The minimum Gasteiger partial charge on any atom is -0.508 e. The Morgan fingerprint density at radius 1 is 1.16 bits per heavy atom. The van der Waals surface area contributed by atoms with E-state index in [0.717, 1.165) is 5.56 Å². The molecule has 2 aromatic rings. The SMILES string of the molecule is O=C(Cc1ccccc1F)NCc1cccc(O)c1. The fourth-order valence-electron chi connectivity index (χ4n) is 1.74. The van der Waals surface area contributed by atoms with Crippen molar-refractivity contribution >= 4 is 5.91 Å². The fourth-order valence-corrected chi connectivity index (χ4v) is 1.74. The van der Waals surface area contributed by atoms with E-state index in [-0.39, 0.29) is 23.9 Å². The highest BCUT2D eigenvalue weighted by molar-refractivity contribution is 5.78. The number of halogens is 1. The second kappa shape index (κ2) is 6.00. The van der Waals surface area contributed by atoms with Gasteiger partial charge in [0.25, 0.3) is 0 Å². The summed E-state index contributed by atoms with van der Waals surface area (Å²) in [6.07, 6.45) is 0.00545. The van der Waals surface area contributed by atoms with Crippen molar-refractivity contribution < 1.29 is 14.3 Å². The average Bonchev–Trinajstić information content (AvgIpc) is 2.39. The van der Waals surface area contributed by atoms with Crippen LogP contribution in [0.15, 0.2) is 48.5 Å². The van der Waals surface area contributed by atoms with Crippen molar-refractivity contribution in [2.75, 3.05) is 0 Å². The van der Waals surface area contributed by atoms with Gasteiger partial charge in [-0.2, -0.15) is 0 Å². The van der Waals surface area contributed by atoms with Gasteiger partial charge in [0.15, 0.2) is 0 Å². The van der Waals surface area contributed by atoms with Gasteiger partial charge in [-0.3, -0.25) is 4.79 Å². The summed E-state index contributed by atoms with van der Waals surface area (Å²) in [4.78, 5) is 11.7. The van der Waals surface area contributed by atoms with E-state index in [1.54, 1.807) is 42.5 Å². The number of hydrogen-bond donors (Lipinski definition) is 2. The summed E-state index contributed by atoms with van der Waals surface area (Å²) in [7, 11) is 0. The van der Waals surface area contributed by atoms with Crippen LogP contribution in [-0.4, -0.2) is 11.0 Å². The second-order valence-corrected chi connectivity index (χ2v) is 4.21. The van der Waals surface area contributed by atoms with Crippen LogP contribution in [-0.2, 0) is 17.8 Å². The Labute approximate surface area is 110 Å². The third-order valence-electron chi connectivity index (χ3n) is 2.71. The average molecular weight is 259 g/mol. The maximum absolute atomic E-state index is 13.4. The van der Waals surface area contributed by atoms with Crippen molar-refractivity contribution in [1.82, 2.24) is 5.32 Å². The quantitative estimate of drug-likeness (QED) is 0.885. The van der Waals surface area contributed by atoms with Crippen LogP contribution in [0.2, 0.25) is 0 Å². The third kappa shape index (κ3) is 3.81. The summed E-state index contributed by atoms with van der Waals surface area (Å²) in [5, 5.41) is 12.0. The lowest BCUT2D eigenvalue weighted by atomic mass is 10.1. The van der Waals surface area contributed by atoms with Gasteiger partial charge < -0.3 is 10.4 Å². The molecule has 3 nitrogen and oxygen atoms in total. The summed E-state index contributed by atoms with van der Waals surface area (Å²) in [5.41, 5.74) is 1.16. The van der Waals surface area contributed by atoms with E-state index < -0.39 is 0 Å². The molecule has 0 saturated carbocycles. The Balaban J connectivity index is 1.90. The van der Waals surface area contributed by atoms with Gasteiger partial charge >= 0.3 is 0 Å². The lowest BCUT2D eigenvalue weighted by molar-refractivity contribution is -0.120. The molecule has 2 aromatic carbocycles. The van der Waals surface area contributed by atoms with Crippen LogP contribution in [0.1, 0.15) is 11.1 Å². The van der Waals surface area contributed by atoms with Crippen LogP contribution >= 0.6 is 0 Å². The number of carbonyl (C=O) groups excluding carboxylic acids is 1. The molecule has 19 heavy (non-hydrogen) atoms. The molecule has 0 atom stereocenters. The number of nitrogens with one attached hydrogen (secondary N) is 1. The number of hydrogen-bond acceptors (Lipinski definition) is 2. The van der Waals surface area contributed by atoms with Crippen LogP contribution in [0, 0.1) is 5.82 Å². The van der Waals surface area contributed by atoms with Crippen molar-refractivity contribution in [1.29, 1.82) is 0 Å². The Bertz CT molecular complexity index is 584. The zero-order valence-corrected chi connectivity index (χ0v) is 10.3. The van der Waals surface area contributed by atoms with Gasteiger partial charge in [-0.25, -0.2) is 4.39 Å². The molecule has 4 heteroatoms. The normalized spacial score (nSPS) is 10.2. The molecule has 0 unspecified atom stereocenters. The van der Waals surface area contributed by atoms with E-state index in [0.29, 0.717) is 12.1 Å². The third-order valence-corrected chi connectivity index (χ3v) is 2.71. The molecule has 0 bridgehead atoms. The van der Waals surface area contributed by atoms with E-state index in [9.17, 15) is 14.3 Å². The molecule has 0 aliphatic rings. The summed E-state index contributed by atoms with van der Waals surface area (Å²) in [6, 6.07) is 12.8. The minimum absolute atomic E-state index is 0.00545. The molecule has 98 valence electrons. The number of aromatic hydroxyl groups is 1. The van der Waals surface area contributed by atoms with Gasteiger partial charge in [0.05, 0.1) is 6.42 Å². The van der Waals surface area contributed by atoms with Gasteiger partial charge in [0.1, 0.15) is 11.6 Å². The molecule has 0 spiro atoms. The molecule has 0 fully saturated rings. The van der Waals surface area contributed by atoms with Crippen molar-refractivity contribution in [2.24, 2.45) is 0 Å². The molecule has 2 N–H and O–H groups in total. The second-order valence-electron chi connectivity index (χ2n) is 4.21. The van der Waals surface area contributed by atoms with E-state index in [1.165, 1.54) is 6.07 Å². The van der Waals surface area contributed by atoms with Crippen molar-refractivity contribution in [3.05, 3.63) is 65.5 Å². The Morgan fingerprint density at radius 3 is 2.68 bits per heavy atom. The first-order valence-electron chi connectivity index (χ1n) is 5.93. The first-order chi connectivity index (χ1) is 9.15. The van der Waals surface area contributed by atoms with Gasteiger partial charge in [0, 0.05) is 6.54 Å². The number of phenolic OH excluding ortho intramolecular Hbond substituents is 1. The molecular formula is C15H14FNO2. The molecule has 0 aliphatic heterocycles. The molecule has 0 saturated heterocycles. The Kier molecular flexibility index (Phi) is 4.13. The first kappa shape index (κ1) is 13.1. The highest BCUT2D eigenvalue weighted by atomic mass is 19.1. The molecule has 2 rings (SSSR count). The number of carbonyl (C=O) groups is 1. The summed E-state index contributed by atoms with van der Waals surface area (Å²) in [6.45, 7) is 0.307. The molecular weight excluding hydrogens is 245 g/mol. The smallest absolute Gasteiger partial charge is 0.224 e. The summed E-state index contributed by atoms with van der Waals surface area (Å²) in [5.74, 6) is -0.482. The zero-order valence-electron chi connectivity index (χ0n) is 10.3. The molecule has 1 amide bonds. The van der Waals surface area contributed by atoms with E-state index in [1.807, 2.05) is 0 Å². The van der Waals surface area contributed by atoms with Crippen molar-refractivity contribution in [3.8, 4) is 5.75 Å². The van der Waals surface area contributed by atoms with Crippen LogP contribution in [0.4, 0.5) is 4.39 Å². The molecule has 0 heterocycles. The van der Waals surface area contributed by atoms with E-state index in [2.05, 4.69) is 5.32 Å².